The Morgan fingerprint density at radius 1 is 1.11 bits per heavy atom. The van der Waals surface area contributed by atoms with Crippen LogP contribution in [-0.4, -0.2) is 55.3 Å². The van der Waals surface area contributed by atoms with Crippen LogP contribution in [-0.2, 0) is 35.7 Å². The highest BCUT2D eigenvalue weighted by atomic mass is 79.9. The van der Waals surface area contributed by atoms with Gasteiger partial charge in [-0.1, -0.05) is 46.3 Å². The number of ether oxygens (including phenoxy) is 3. The van der Waals surface area contributed by atoms with Gasteiger partial charge in [0, 0.05) is 24.4 Å². The van der Waals surface area contributed by atoms with Crippen LogP contribution in [0.3, 0.4) is 0 Å². The maximum Gasteiger partial charge on any atom is 0.324 e. The Morgan fingerprint density at radius 2 is 1.78 bits per heavy atom. The van der Waals surface area contributed by atoms with Gasteiger partial charge >= 0.3 is 11.9 Å². The van der Waals surface area contributed by atoms with Crippen LogP contribution in [0.4, 0.5) is 5.69 Å². The number of rotatable bonds is 13. The Kier molecular flexibility index (Phi) is 11.4. The van der Waals surface area contributed by atoms with Gasteiger partial charge < -0.3 is 19.9 Å². The fourth-order valence-electron chi connectivity index (χ4n) is 3.54. The lowest BCUT2D eigenvalue weighted by molar-refractivity contribution is -0.160. The molecule has 0 aromatic heterocycles. The monoisotopic (exact) mass is 598 g/mol. The molecule has 0 heterocycles. The Morgan fingerprint density at radius 3 is 2.35 bits per heavy atom. The van der Waals surface area contributed by atoms with Gasteiger partial charge in [-0.2, -0.15) is 4.31 Å². The smallest absolute Gasteiger partial charge is 0.324 e. The number of hydrogen-bond donors (Lipinski definition) is 1. The van der Waals surface area contributed by atoms with Crippen molar-refractivity contribution in [2.45, 2.75) is 63.2 Å². The first-order chi connectivity index (χ1) is 17.4. The molecule has 2 rings (SSSR count). The van der Waals surface area contributed by atoms with Gasteiger partial charge in [-0.05, 0) is 51.3 Å². The van der Waals surface area contributed by atoms with Gasteiger partial charge in [-0.15, -0.1) is 0 Å². The second-order valence-corrected chi connectivity index (χ2v) is 11.9. The number of carbonyl (C=O) groups is 2. The fourth-order valence-corrected chi connectivity index (χ4v) is 5.86. The van der Waals surface area contributed by atoms with E-state index in [2.05, 4.69) is 20.7 Å². The predicted molar refractivity (Wildman–Crippen MR) is 145 cm³/mol. The molecule has 0 saturated carbocycles. The largest absolute Gasteiger partial charge is 0.489 e. The van der Waals surface area contributed by atoms with Crippen molar-refractivity contribution in [3.8, 4) is 5.75 Å². The number of methoxy groups -OCH3 is 1. The predicted octanol–water partition coefficient (Wildman–Crippen LogP) is 4.29. The summed E-state index contributed by atoms with van der Waals surface area (Å²) in [4.78, 5) is 24.6. The van der Waals surface area contributed by atoms with Crippen molar-refractivity contribution < 1.29 is 32.2 Å². The number of carbonyl (C=O) groups excluding carboxylic acids is 2. The molecular weight excluding hydrogens is 564 g/mol. The minimum atomic E-state index is -4.23. The Balaban J connectivity index is 2.35. The van der Waals surface area contributed by atoms with E-state index in [1.54, 1.807) is 20.8 Å². The van der Waals surface area contributed by atoms with Crippen LogP contribution in [0.5, 0.6) is 5.75 Å². The molecule has 0 unspecified atom stereocenters. The number of nitrogens with zero attached hydrogens (tertiary/aromatic N) is 1. The number of halogens is 1. The van der Waals surface area contributed by atoms with E-state index in [4.69, 9.17) is 15.2 Å². The van der Waals surface area contributed by atoms with E-state index in [9.17, 15) is 18.0 Å². The number of hydrogen-bond acceptors (Lipinski definition) is 8. The summed E-state index contributed by atoms with van der Waals surface area (Å²) in [5.74, 6) is -0.745. The van der Waals surface area contributed by atoms with Crippen molar-refractivity contribution in [2.75, 3.05) is 24.7 Å². The highest BCUT2D eigenvalue weighted by molar-refractivity contribution is 9.09. The molecule has 0 aliphatic carbocycles. The molecule has 0 aliphatic heterocycles. The standard InChI is InChI=1S/C26H35BrN2O7S/c1-26(2,3)36-25(31)22(11-8-12-24(30)34-4)29(16-15-27)37(32,33)23-14-13-20(17-21(23)28)35-18-19-9-6-5-7-10-19/h5-7,9-10,13-14,17,22H,8,11-12,15-16,18,28H2,1-4H3/t22-/m1/s1. The Hall–Kier alpha value is -2.63. The number of nitrogens with two attached hydrogens (primary N) is 1. The first kappa shape index (κ1) is 30.6. The van der Waals surface area contributed by atoms with Crippen molar-refractivity contribution in [3.05, 3.63) is 54.1 Å². The molecule has 0 saturated heterocycles. The maximum absolute atomic E-state index is 13.8. The molecule has 2 N–H and O–H groups in total. The molecule has 2 aromatic carbocycles. The first-order valence-electron chi connectivity index (χ1n) is 11.8. The number of anilines is 1. The van der Waals surface area contributed by atoms with Crippen LogP contribution >= 0.6 is 15.9 Å². The topological polar surface area (TPSA) is 125 Å². The zero-order chi connectivity index (χ0) is 27.6. The Bertz CT molecular complexity index is 1150. The lowest BCUT2D eigenvalue weighted by atomic mass is 10.1. The van der Waals surface area contributed by atoms with Crippen LogP contribution in [0.2, 0.25) is 0 Å². The second-order valence-electron chi connectivity index (χ2n) is 9.30. The molecule has 2 aromatic rings. The minimum Gasteiger partial charge on any atom is -0.489 e. The van der Waals surface area contributed by atoms with Crippen molar-refractivity contribution in [1.82, 2.24) is 4.31 Å². The summed E-state index contributed by atoms with van der Waals surface area (Å²) in [6, 6.07) is 12.7. The normalized spacial score (nSPS) is 12.7. The molecule has 204 valence electrons. The van der Waals surface area contributed by atoms with Crippen LogP contribution in [0.15, 0.2) is 53.4 Å². The highest BCUT2D eigenvalue weighted by Gasteiger charge is 2.38. The summed E-state index contributed by atoms with van der Waals surface area (Å²) in [5, 5.41) is 0.265. The molecule has 1 atom stereocenters. The van der Waals surface area contributed by atoms with Gasteiger partial charge in [0.15, 0.2) is 0 Å². The summed E-state index contributed by atoms with van der Waals surface area (Å²) >= 11 is 3.29. The van der Waals surface area contributed by atoms with Crippen molar-refractivity contribution in [3.63, 3.8) is 0 Å². The van der Waals surface area contributed by atoms with Crippen LogP contribution in [0, 0.1) is 0 Å². The zero-order valence-electron chi connectivity index (χ0n) is 21.6. The second kappa shape index (κ2) is 13.8. The van der Waals surface area contributed by atoms with Crippen LogP contribution in [0.1, 0.15) is 45.6 Å². The molecular formula is C26H35BrN2O7S. The maximum atomic E-state index is 13.8. The van der Waals surface area contributed by atoms with Crippen molar-refractivity contribution in [1.29, 1.82) is 0 Å². The molecule has 11 heteroatoms. The van der Waals surface area contributed by atoms with E-state index in [0.717, 1.165) is 9.87 Å². The van der Waals surface area contributed by atoms with Gasteiger partial charge in [0.1, 0.15) is 28.9 Å². The first-order valence-corrected chi connectivity index (χ1v) is 14.4. The van der Waals surface area contributed by atoms with Crippen molar-refractivity contribution >= 4 is 43.6 Å². The van der Waals surface area contributed by atoms with E-state index >= 15 is 0 Å². The number of esters is 2. The summed E-state index contributed by atoms with van der Waals surface area (Å²) < 4.78 is 44.6. The number of sulfonamides is 1. The molecule has 0 bridgehead atoms. The summed E-state index contributed by atoms with van der Waals surface area (Å²) in [5.41, 5.74) is 6.28. The average Bonchev–Trinajstić information content (AvgIpc) is 2.83. The Labute approximate surface area is 227 Å². The van der Waals surface area contributed by atoms with Gasteiger partial charge in [0.05, 0.1) is 12.8 Å². The molecule has 0 fully saturated rings. The van der Waals surface area contributed by atoms with Gasteiger partial charge in [0.2, 0.25) is 10.0 Å². The van der Waals surface area contributed by atoms with Crippen molar-refractivity contribution in [2.24, 2.45) is 0 Å². The minimum absolute atomic E-state index is 0.0115. The molecule has 0 radical (unpaired) electrons. The fraction of sp³-hybridized carbons (Fsp3) is 0.462. The molecule has 0 aliphatic rings. The van der Waals surface area contributed by atoms with E-state index in [-0.39, 0.29) is 41.7 Å². The summed E-state index contributed by atoms with van der Waals surface area (Å²) in [6.07, 6.45) is 0.328. The summed E-state index contributed by atoms with van der Waals surface area (Å²) in [6.45, 7) is 5.38. The molecule has 9 nitrogen and oxygen atoms in total. The van der Waals surface area contributed by atoms with Gasteiger partial charge in [-0.25, -0.2) is 8.42 Å². The molecule has 37 heavy (non-hydrogen) atoms. The number of nitrogen functional groups attached to an aromatic ring is 1. The van der Waals surface area contributed by atoms with Crippen LogP contribution < -0.4 is 10.5 Å². The van der Waals surface area contributed by atoms with Crippen LogP contribution in [0.25, 0.3) is 0 Å². The lowest BCUT2D eigenvalue weighted by Gasteiger charge is -2.32. The van der Waals surface area contributed by atoms with E-state index in [1.165, 1.54) is 25.3 Å². The summed E-state index contributed by atoms with van der Waals surface area (Å²) in [7, 11) is -2.96. The van der Waals surface area contributed by atoms with E-state index in [0.29, 0.717) is 12.4 Å². The lowest BCUT2D eigenvalue weighted by Crippen LogP contribution is -2.48. The van der Waals surface area contributed by atoms with Gasteiger partial charge in [0.25, 0.3) is 0 Å². The van der Waals surface area contributed by atoms with E-state index in [1.807, 2.05) is 30.3 Å². The SMILES string of the molecule is COC(=O)CCC[C@H](C(=O)OC(C)(C)C)N(CCBr)S(=O)(=O)c1ccc(OCc2ccccc2)cc1N. The quantitative estimate of drug-likeness (QED) is 0.206. The highest BCUT2D eigenvalue weighted by Crippen LogP contribution is 2.30. The molecule has 0 spiro atoms. The third-order valence-electron chi connectivity index (χ3n) is 5.23. The number of alkyl halides is 1. The number of benzene rings is 2. The van der Waals surface area contributed by atoms with E-state index < -0.39 is 33.6 Å². The zero-order valence-corrected chi connectivity index (χ0v) is 24.0. The third-order valence-corrected chi connectivity index (χ3v) is 7.57. The molecule has 0 amide bonds. The third kappa shape index (κ3) is 9.32. The van der Waals surface area contributed by atoms with Gasteiger partial charge in [-0.3, -0.25) is 9.59 Å². The average molecular weight is 600 g/mol.